The van der Waals surface area contributed by atoms with Crippen LogP contribution in [0.5, 0.6) is 0 Å². The van der Waals surface area contributed by atoms with Crippen molar-refractivity contribution in [2.24, 2.45) is 5.84 Å². The summed E-state index contributed by atoms with van der Waals surface area (Å²) >= 11 is 0. The third kappa shape index (κ3) is 3.41. The van der Waals surface area contributed by atoms with Crippen molar-refractivity contribution in [3.63, 3.8) is 0 Å². The summed E-state index contributed by atoms with van der Waals surface area (Å²) in [5.74, 6) is 4.68. The van der Waals surface area contributed by atoms with Crippen molar-refractivity contribution in [3.8, 4) is 0 Å². The SMILES string of the molecule is Cc1ccc(NN)c(C(=O)N(CC(F)(F)F)C2CC2)c1. The van der Waals surface area contributed by atoms with Crippen LogP contribution in [0.1, 0.15) is 28.8 Å². The molecule has 1 saturated carbocycles. The number of nitrogens with two attached hydrogens (primary N) is 1. The molecule has 0 spiro atoms. The molecule has 4 nitrogen and oxygen atoms in total. The van der Waals surface area contributed by atoms with Crippen LogP contribution in [0, 0.1) is 6.92 Å². The van der Waals surface area contributed by atoms with Gasteiger partial charge < -0.3 is 10.3 Å². The largest absolute Gasteiger partial charge is 0.406 e. The molecule has 110 valence electrons. The molecule has 0 atom stereocenters. The first-order valence-corrected chi connectivity index (χ1v) is 6.27. The molecular weight excluding hydrogens is 271 g/mol. The summed E-state index contributed by atoms with van der Waals surface area (Å²) in [5, 5.41) is 0. The molecule has 0 radical (unpaired) electrons. The highest BCUT2D eigenvalue weighted by Gasteiger charge is 2.41. The quantitative estimate of drug-likeness (QED) is 0.660. The van der Waals surface area contributed by atoms with Crippen LogP contribution in [-0.2, 0) is 0 Å². The van der Waals surface area contributed by atoms with Crippen LogP contribution in [-0.4, -0.2) is 29.6 Å². The number of alkyl halides is 3. The fourth-order valence-electron chi connectivity index (χ4n) is 2.06. The van der Waals surface area contributed by atoms with Gasteiger partial charge in [0.1, 0.15) is 6.54 Å². The molecule has 1 aromatic rings. The topological polar surface area (TPSA) is 58.4 Å². The molecular formula is C13H16F3N3O. The molecule has 0 saturated heterocycles. The van der Waals surface area contributed by atoms with Crippen molar-refractivity contribution in [3.05, 3.63) is 29.3 Å². The molecule has 0 heterocycles. The lowest BCUT2D eigenvalue weighted by molar-refractivity contribution is -0.141. The number of carbonyl (C=O) groups is 1. The fraction of sp³-hybridized carbons (Fsp3) is 0.462. The van der Waals surface area contributed by atoms with E-state index in [1.165, 1.54) is 0 Å². The maximum absolute atomic E-state index is 12.6. The average Bonchev–Trinajstić information content (AvgIpc) is 3.18. The maximum atomic E-state index is 12.6. The number of nitrogen functional groups attached to an aromatic ring is 1. The summed E-state index contributed by atoms with van der Waals surface area (Å²) in [6.45, 7) is 0.538. The number of carbonyl (C=O) groups excluding carboxylic acids is 1. The Labute approximate surface area is 114 Å². The predicted octanol–water partition coefficient (Wildman–Crippen LogP) is 2.45. The smallest absolute Gasteiger partial charge is 0.326 e. The molecule has 2 rings (SSSR count). The highest BCUT2D eigenvalue weighted by Crippen LogP contribution is 2.32. The number of aryl methyl sites for hydroxylation is 1. The number of benzene rings is 1. The zero-order valence-electron chi connectivity index (χ0n) is 11.0. The van der Waals surface area contributed by atoms with E-state index in [9.17, 15) is 18.0 Å². The second-order valence-electron chi connectivity index (χ2n) is 4.97. The lowest BCUT2D eigenvalue weighted by Crippen LogP contribution is -2.40. The first kappa shape index (κ1) is 14.6. The van der Waals surface area contributed by atoms with Crippen molar-refractivity contribution in [1.82, 2.24) is 4.90 Å². The Morgan fingerprint density at radius 1 is 1.45 bits per heavy atom. The molecule has 1 fully saturated rings. The molecule has 3 N–H and O–H groups in total. The summed E-state index contributed by atoms with van der Waals surface area (Å²) in [6.07, 6.45) is -3.18. The van der Waals surface area contributed by atoms with E-state index in [4.69, 9.17) is 5.84 Å². The molecule has 1 amide bonds. The van der Waals surface area contributed by atoms with E-state index in [2.05, 4.69) is 5.43 Å². The minimum Gasteiger partial charge on any atom is -0.326 e. The van der Waals surface area contributed by atoms with Gasteiger partial charge in [-0.25, -0.2) is 0 Å². The summed E-state index contributed by atoms with van der Waals surface area (Å²) in [7, 11) is 0. The number of nitrogens with zero attached hydrogens (tertiary/aromatic N) is 1. The first-order valence-electron chi connectivity index (χ1n) is 6.27. The number of halogens is 3. The van der Waals surface area contributed by atoms with E-state index in [0.717, 1.165) is 10.5 Å². The van der Waals surface area contributed by atoms with E-state index in [1.807, 2.05) is 0 Å². The van der Waals surface area contributed by atoms with Gasteiger partial charge in [-0.2, -0.15) is 13.2 Å². The number of hydrogen-bond acceptors (Lipinski definition) is 3. The number of hydrazine groups is 1. The Morgan fingerprint density at radius 3 is 2.60 bits per heavy atom. The second kappa shape index (κ2) is 5.32. The average molecular weight is 287 g/mol. The van der Waals surface area contributed by atoms with Crippen LogP contribution in [0.25, 0.3) is 0 Å². The third-order valence-electron chi connectivity index (χ3n) is 3.16. The van der Waals surface area contributed by atoms with Gasteiger partial charge in [-0.15, -0.1) is 0 Å². The van der Waals surface area contributed by atoms with Gasteiger partial charge in [0.25, 0.3) is 5.91 Å². The number of anilines is 1. The summed E-state index contributed by atoms with van der Waals surface area (Å²) in [5.41, 5.74) is 3.64. The monoisotopic (exact) mass is 287 g/mol. The van der Waals surface area contributed by atoms with Gasteiger partial charge in [-0.1, -0.05) is 11.6 Å². The van der Waals surface area contributed by atoms with Crippen molar-refractivity contribution in [2.75, 3.05) is 12.0 Å². The van der Waals surface area contributed by atoms with Crippen molar-refractivity contribution < 1.29 is 18.0 Å². The zero-order chi connectivity index (χ0) is 14.9. The van der Waals surface area contributed by atoms with Crippen LogP contribution in [0.4, 0.5) is 18.9 Å². The van der Waals surface area contributed by atoms with Gasteiger partial charge in [-0.3, -0.25) is 10.6 Å². The van der Waals surface area contributed by atoms with Crippen molar-refractivity contribution in [1.29, 1.82) is 0 Å². The Hall–Kier alpha value is -1.76. The van der Waals surface area contributed by atoms with E-state index >= 15 is 0 Å². The van der Waals surface area contributed by atoms with Gasteiger partial charge in [0.05, 0.1) is 11.3 Å². The summed E-state index contributed by atoms with van der Waals surface area (Å²) in [6, 6.07) is 4.54. The van der Waals surface area contributed by atoms with E-state index in [0.29, 0.717) is 18.5 Å². The first-order chi connectivity index (χ1) is 9.31. The number of hydrogen-bond donors (Lipinski definition) is 2. The minimum atomic E-state index is -4.40. The Bertz CT molecular complexity index is 512. The van der Waals surface area contributed by atoms with Gasteiger partial charge in [0, 0.05) is 6.04 Å². The normalized spacial score (nSPS) is 15.1. The zero-order valence-corrected chi connectivity index (χ0v) is 11.0. The molecule has 0 aliphatic heterocycles. The summed E-state index contributed by atoms with van der Waals surface area (Å²) < 4.78 is 37.8. The molecule has 1 aromatic carbocycles. The lowest BCUT2D eigenvalue weighted by Gasteiger charge is -2.25. The fourth-order valence-corrected chi connectivity index (χ4v) is 2.06. The van der Waals surface area contributed by atoms with Crippen molar-refractivity contribution >= 4 is 11.6 Å². The van der Waals surface area contributed by atoms with Gasteiger partial charge >= 0.3 is 6.18 Å². The highest BCUT2D eigenvalue weighted by atomic mass is 19.4. The van der Waals surface area contributed by atoms with Crippen LogP contribution in [0.15, 0.2) is 18.2 Å². The molecule has 0 unspecified atom stereocenters. The molecule has 7 heteroatoms. The van der Waals surface area contributed by atoms with Gasteiger partial charge in [0.15, 0.2) is 0 Å². The molecule has 0 aromatic heterocycles. The van der Waals surface area contributed by atoms with E-state index in [-0.39, 0.29) is 11.6 Å². The Kier molecular flexibility index (Phi) is 3.89. The number of rotatable bonds is 4. The second-order valence-corrected chi connectivity index (χ2v) is 4.97. The van der Waals surface area contributed by atoms with E-state index in [1.54, 1.807) is 25.1 Å². The molecule has 0 bridgehead atoms. The molecule has 1 aliphatic rings. The highest BCUT2D eigenvalue weighted by molar-refractivity contribution is 6.00. The Morgan fingerprint density at radius 2 is 2.10 bits per heavy atom. The molecule has 20 heavy (non-hydrogen) atoms. The maximum Gasteiger partial charge on any atom is 0.406 e. The number of nitrogens with one attached hydrogen (secondary N) is 1. The van der Waals surface area contributed by atoms with Crippen molar-refractivity contribution in [2.45, 2.75) is 32.0 Å². The Balaban J connectivity index is 2.30. The van der Waals surface area contributed by atoms with Crippen LogP contribution >= 0.6 is 0 Å². The summed E-state index contributed by atoms with van der Waals surface area (Å²) in [4.78, 5) is 13.3. The van der Waals surface area contributed by atoms with Gasteiger partial charge in [-0.05, 0) is 31.9 Å². The van der Waals surface area contributed by atoms with E-state index < -0.39 is 18.6 Å². The van der Waals surface area contributed by atoms with Gasteiger partial charge in [0.2, 0.25) is 0 Å². The minimum absolute atomic E-state index is 0.170. The lowest BCUT2D eigenvalue weighted by atomic mass is 10.1. The standard InChI is InChI=1S/C13H16F3N3O/c1-8-2-5-11(18-17)10(6-8)12(20)19(9-3-4-9)7-13(14,15)16/h2,5-6,9,18H,3-4,7,17H2,1H3. The van der Waals surface area contributed by atoms with Crippen LogP contribution in [0.2, 0.25) is 0 Å². The van der Waals surface area contributed by atoms with Crippen LogP contribution < -0.4 is 11.3 Å². The van der Waals surface area contributed by atoms with Crippen LogP contribution in [0.3, 0.4) is 0 Å². The predicted molar refractivity (Wildman–Crippen MR) is 69.1 cm³/mol. The number of amides is 1. The third-order valence-corrected chi connectivity index (χ3v) is 3.16. The molecule has 1 aliphatic carbocycles.